The number of aliphatic carboxylic acids is 2. The van der Waals surface area contributed by atoms with Crippen molar-refractivity contribution in [2.45, 2.75) is 225 Å². The summed E-state index contributed by atoms with van der Waals surface area (Å²) in [5.41, 5.74) is 18.3. The number of imidazole rings is 1. The third-order valence-electron chi connectivity index (χ3n) is 17.5. The van der Waals surface area contributed by atoms with Gasteiger partial charge in [-0.1, -0.05) is 105 Å². The number of primary amides is 1. The van der Waals surface area contributed by atoms with E-state index in [2.05, 4.69) is 73.4 Å². The first kappa shape index (κ1) is 83.6. The van der Waals surface area contributed by atoms with E-state index in [0.29, 0.717) is 24.1 Å². The smallest absolute Gasteiger partial charge is 0.305 e. The number of hydrogen-bond donors (Lipinski definition) is 17. The van der Waals surface area contributed by atoms with Gasteiger partial charge in [0.2, 0.25) is 70.9 Å². The number of nitrogens with one attached hydrogen (secondary N) is 12. The van der Waals surface area contributed by atoms with Crippen molar-refractivity contribution >= 4 is 82.8 Å². The van der Waals surface area contributed by atoms with E-state index < -0.39 is 187 Å². The Bertz CT molecular complexity index is 3280. The third kappa shape index (κ3) is 28.0. The fraction of sp³-hybridized carbons (Fsp3) is 0.612. The summed E-state index contributed by atoms with van der Waals surface area (Å²) in [6, 6.07) is -7.85. The highest BCUT2D eigenvalue weighted by molar-refractivity contribution is 6.01. The summed E-state index contributed by atoms with van der Waals surface area (Å²) in [7, 11) is 0. The van der Waals surface area contributed by atoms with Gasteiger partial charge >= 0.3 is 11.9 Å². The minimum Gasteiger partial charge on any atom is -0.481 e. The quantitative estimate of drug-likeness (QED) is 0.0339. The van der Waals surface area contributed by atoms with E-state index in [1.165, 1.54) is 12.5 Å². The minimum atomic E-state index is -1.95. The lowest BCUT2D eigenvalue weighted by Gasteiger charge is -2.30. The van der Waals surface area contributed by atoms with Crippen molar-refractivity contribution in [2.24, 2.45) is 40.9 Å². The average Bonchev–Trinajstić information content (AvgIpc) is 1.84. The Morgan fingerprint density at radius 3 is 1.85 bits per heavy atom. The van der Waals surface area contributed by atoms with E-state index in [0.717, 1.165) is 6.26 Å². The van der Waals surface area contributed by atoms with Crippen LogP contribution in [-0.2, 0) is 75.2 Å². The van der Waals surface area contributed by atoms with Gasteiger partial charge in [-0.2, -0.15) is 0 Å². The fourth-order valence-corrected chi connectivity index (χ4v) is 10.8. The number of H-pyrrole nitrogens is 1. The molecule has 558 valence electrons. The summed E-state index contributed by atoms with van der Waals surface area (Å²) >= 11 is 0. The Morgan fingerprint density at radius 2 is 1.26 bits per heavy atom. The van der Waals surface area contributed by atoms with E-state index in [1.54, 1.807) is 71.9 Å². The number of carbonyl (C=O) groups excluding carboxylic acids is 12. The molecule has 4 rings (SSSR count). The van der Waals surface area contributed by atoms with Crippen LogP contribution in [0.25, 0.3) is 0 Å². The summed E-state index contributed by atoms with van der Waals surface area (Å²) < 4.78 is 5.50. The number of rotatable bonds is 32. The maximum absolute atomic E-state index is 15.0. The predicted molar refractivity (Wildman–Crippen MR) is 365 cm³/mol. The molecule has 34 heteroatoms. The van der Waals surface area contributed by atoms with Crippen LogP contribution in [0.1, 0.15) is 179 Å². The van der Waals surface area contributed by atoms with Crippen molar-refractivity contribution < 1.29 is 81.8 Å². The van der Waals surface area contributed by atoms with Gasteiger partial charge in [-0.15, -0.1) is 0 Å². The van der Waals surface area contributed by atoms with Gasteiger partial charge in [0.1, 0.15) is 66.7 Å². The first-order chi connectivity index (χ1) is 47.9. The van der Waals surface area contributed by atoms with E-state index in [9.17, 15) is 77.3 Å². The van der Waals surface area contributed by atoms with Gasteiger partial charge in [-0.3, -0.25) is 67.1 Å². The zero-order valence-electron chi connectivity index (χ0n) is 58.7. The lowest BCUT2D eigenvalue weighted by molar-refractivity contribution is -0.142. The Morgan fingerprint density at radius 1 is 0.653 bits per heavy atom. The molecular formula is C67H103N17O17. The van der Waals surface area contributed by atoms with Crippen molar-refractivity contribution in [3.63, 3.8) is 0 Å². The number of unbranched alkanes of at least 4 members (excludes halogenated alkanes) is 1. The topological polar surface area (TPSA) is 545 Å². The third-order valence-corrected chi connectivity index (χ3v) is 17.5. The number of aromatic amines is 1. The summed E-state index contributed by atoms with van der Waals surface area (Å²) in [5.74, 6) is -16.1. The van der Waals surface area contributed by atoms with Gasteiger partial charge in [0.15, 0.2) is 5.69 Å². The number of nitrogens with zero attached hydrogens (tertiary/aromatic N) is 2. The first-order valence-electron chi connectivity index (χ1n) is 34.4. The number of hydrogen-bond acceptors (Lipinski definition) is 19. The van der Waals surface area contributed by atoms with Crippen LogP contribution in [0.3, 0.4) is 0 Å². The van der Waals surface area contributed by atoms with Crippen LogP contribution >= 0.6 is 0 Å². The van der Waals surface area contributed by atoms with Crippen molar-refractivity contribution in [1.82, 2.24) is 73.4 Å². The molecular weight excluding hydrogens is 1310 g/mol. The van der Waals surface area contributed by atoms with E-state index in [-0.39, 0.29) is 101 Å². The number of carboxylic acid groups (broad SMARTS) is 2. The van der Waals surface area contributed by atoms with Crippen LogP contribution in [-0.4, -0.2) is 181 Å². The fourth-order valence-electron chi connectivity index (χ4n) is 10.8. The lowest BCUT2D eigenvalue weighted by Crippen LogP contribution is -2.62. The molecule has 3 aromatic rings. The SMILES string of the molecule is CC[C@H](C)[C@@H]1NC(=O)C(CCCCN)NC(=O)C(NC(=O)[C@@H](NC(=O)[C@H](CCC(=O)O)NC(=O)[C@H](CC(C)C)NC(=O)c2coc([C@@H](N)[C@@H](C)CC)n2)[C@@H](C)CC)CCCCNC(=O)C(CC(N)=O)NC(=O)[C@H](CC(=O)O)NC(=O)[C@H](Cc2cnc[nH]2)NC(=O)C(Cc2ccccc2)NC1=O. The minimum absolute atomic E-state index is 0.00369. The molecule has 0 saturated carbocycles. The largest absolute Gasteiger partial charge is 0.481 e. The molecule has 0 radical (unpaired) electrons. The molecule has 2 aromatic heterocycles. The van der Waals surface area contributed by atoms with Crippen LogP contribution in [0.4, 0.5) is 0 Å². The first-order valence-corrected chi connectivity index (χ1v) is 34.4. The molecule has 0 aliphatic carbocycles. The van der Waals surface area contributed by atoms with E-state index >= 15 is 0 Å². The average molecular weight is 1420 g/mol. The van der Waals surface area contributed by atoms with Crippen LogP contribution in [0.15, 0.2) is 53.5 Å². The number of carboxylic acids is 2. The van der Waals surface area contributed by atoms with E-state index in [1.807, 2.05) is 13.8 Å². The molecule has 3 heterocycles. The summed E-state index contributed by atoms with van der Waals surface area (Å²) in [5, 5.41) is 48.3. The molecule has 14 atom stereocenters. The molecule has 1 fully saturated rings. The van der Waals surface area contributed by atoms with Crippen molar-refractivity contribution in [1.29, 1.82) is 0 Å². The predicted octanol–water partition coefficient (Wildman–Crippen LogP) is -0.827. The Hall–Kier alpha value is -9.86. The molecule has 0 bridgehead atoms. The number of nitrogens with two attached hydrogens (primary N) is 3. The van der Waals surface area contributed by atoms with Gasteiger partial charge in [0.05, 0.1) is 25.2 Å². The Balaban J connectivity index is 1.79. The second-order valence-corrected chi connectivity index (χ2v) is 26.1. The lowest BCUT2D eigenvalue weighted by atomic mass is 9.96. The van der Waals surface area contributed by atoms with Crippen LogP contribution in [0.2, 0.25) is 0 Å². The monoisotopic (exact) mass is 1420 g/mol. The van der Waals surface area contributed by atoms with Crippen LogP contribution < -0.4 is 75.7 Å². The van der Waals surface area contributed by atoms with Crippen molar-refractivity contribution in [3.05, 3.63) is 72.0 Å². The van der Waals surface area contributed by atoms with Gasteiger partial charge in [0, 0.05) is 37.7 Å². The molecule has 20 N–H and O–H groups in total. The molecule has 1 aliphatic heterocycles. The maximum atomic E-state index is 15.0. The number of benzene rings is 1. The normalized spacial score (nSPS) is 21.6. The van der Waals surface area contributed by atoms with Gasteiger partial charge in [-0.25, -0.2) is 9.97 Å². The van der Waals surface area contributed by atoms with Crippen molar-refractivity contribution in [3.8, 4) is 0 Å². The van der Waals surface area contributed by atoms with Crippen LogP contribution in [0.5, 0.6) is 0 Å². The second-order valence-electron chi connectivity index (χ2n) is 26.1. The number of oxazole rings is 1. The van der Waals surface area contributed by atoms with Crippen molar-refractivity contribution in [2.75, 3.05) is 13.1 Å². The van der Waals surface area contributed by atoms with Crippen LogP contribution in [0, 0.1) is 23.7 Å². The Labute approximate surface area is 586 Å². The maximum Gasteiger partial charge on any atom is 0.305 e. The molecule has 12 amide bonds. The highest BCUT2D eigenvalue weighted by Gasteiger charge is 2.39. The highest BCUT2D eigenvalue weighted by atomic mass is 16.4. The highest BCUT2D eigenvalue weighted by Crippen LogP contribution is 2.22. The van der Waals surface area contributed by atoms with Gasteiger partial charge in [-0.05, 0) is 87.1 Å². The van der Waals surface area contributed by atoms with Gasteiger partial charge < -0.3 is 95.3 Å². The molecule has 1 aliphatic rings. The molecule has 101 heavy (non-hydrogen) atoms. The summed E-state index contributed by atoms with van der Waals surface area (Å²) in [4.78, 5) is 207. The zero-order chi connectivity index (χ0) is 75.0. The standard InChI is InChI=1S/C67H103N17O17/c1-9-36(6)53(70)67-82-49(33-101-67)64(98)77-44(27-35(4)5)60(94)75-43(23-24-51(86)87)59(93)84-54(37(7)10-2)65(99)76-41-22-16-18-26-72-56(90)47(30-50(69)85)79-63(97)48(31-52(88)89)80-62(96)46(29-40-32-71-34-73-40)78-61(95)45(28-39-19-13-12-14-20-39)81-66(100)55(38(8)11-3)83-58(92)42(74-57(41)91)21-15-17-25-68/h12-14,19-20,32-38,41-48,53-55H,9-11,15-18,21-31,68,70H2,1-8H3,(H2,69,85)(H,71,73)(H,72,90)(H,74,91)(H,75,94)(H,76,99)(H,77,98)(H,78,95)(H,79,97)(H,80,96)(H,81,100)(H,83,92)(H,84,93)(H,86,87)(H,88,89)/t36-,37-,38-,41?,42?,43-,44-,45?,46-,47?,48-,53-,54-,55-/m0/s1. The molecule has 0 spiro atoms. The zero-order valence-corrected chi connectivity index (χ0v) is 58.7. The number of aromatic nitrogens is 3. The summed E-state index contributed by atoms with van der Waals surface area (Å²) in [6.07, 6.45) is 1.76. The molecule has 34 nitrogen and oxygen atoms in total. The number of carbonyl (C=O) groups is 14. The van der Waals surface area contributed by atoms with Gasteiger partial charge in [0.25, 0.3) is 5.91 Å². The summed E-state index contributed by atoms with van der Waals surface area (Å²) in [6.45, 7) is 14.0. The van der Waals surface area contributed by atoms with E-state index in [4.69, 9.17) is 21.6 Å². The molecule has 4 unspecified atom stereocenters. The number of amides is 12. The second kappa shape index (κ2) is 42.3. The Kier molecular flexibility index (Phi) is 35.0. The molecule has 1 saturated heterocycles. The molecule has 1 aromatic carbocycles.